The summed E-state index contributed by atoms with van der Waals surface area (Å²) >= 11 is 0. The number of nitrogen functional groups attached to an aromatic ring is 1. The third-order valence-electron chi connectivity index (χ3n) is 2.77. The number of nitrogens with two attached hydrogens (primary N) is 1. The lowest BCUT2D eigenvalue weighted by atomic mass is 9.85. The van der Waals surface area contributed by atoms with Gasteiger partial charge >= 0.3 is 0 Å². The van der Waals surface area contributed by atoms with Gasteiger partial charge in [-0.1, -0.05) is 6.42 Å². The van der Waals surface area contributed by atoms with Crippen LogP contribution in [0.1, 0.15) is 19.3 Å². The highest BCUT2D eigenvalue weighted by atomic mass is 16.2. The lowest BCUT2D eigenvalue weighted by Gasteiger charge is -2.25. The number of aromatic nitrogens is 2. The second-order valence-electron chi connectivity index (χ2n) is 4.07. The zero-order chi connectivity index (χ0) is 10.7. The number of hydrogen-bond donors (Lipinski definition) is 2. The van der Waals surface area contributed by atoms with Crippen molar-refractivity contribution in [2.45, 2.75) is 25.8 Å². The van der Waals surface area contributed by atoms with Crippen molar-refractivity contribution in [3.8, 4) is 0 Å². The summed E-state index contributed by atoms with van der Waals surface area (Å²) in [5, 5.41) is 6.85. The van der Waals surface area contributed by atoms with Crippen LogP contribution in [-0.2, 0) is 11.3 Å². The predicted octanol–water partition coefficient (Wildman–Crippen LogP) is 0.382. The van der Waals surface area contributed by atoms with Crippen molar-refractivity contribution in [3.63, 3.8) is 0 Å². The molecular formula is C10H16N4O. The molecule has 1 aliphatic rings. The molecule has 2 rings (SSSR count). The fraction of sp³-hybridized carbons (Fsp3) is 0.600. The third-order valence-corrected chi connectivity index (χ3v) is 2.77. The van der Waals surface area contributed by atoms with E-state index in [1.165, 1.54) is 19.3 Å². The Kier molecular flexibility index (Phi) is 2.89. The van der Waals surface area contributed by atoms with Gasteiger partial charge in [0.25, 0.3) is 0 Å². The molecular weight excluding hydrogens is 192 g/mol. The molecule has 5 nitrogen and oxygen atoms in total. The fourth-order valence-electron chi connectivity index (χ4n) is 1.62. The van der Waals surface area contributed by atoms with E-state index in [4.69, 9.17) is 5.73 Å². The number of carbonyl (C=O) groups is 1. The summed E-state index contributed by atoms with van der Waals surface area (Å²) in [6.45, 7) is 1.06. The summed E-state index contributed by atoms with van der Waals surface area (Å²) in [5.74, 6) is 0.696. The Morgan fingerprint density at radius 2 is 2.47 bits per heavy atom. The van der Waals surface area contributed by atoms with E-state index in [2.05, 4.69) is 10.4 Å². The Morgan fingerprint density at radius 1 is 1.67 bits per heavy atom. The van der Waals surface area contributed by atoms with Crippen molar-refractivity contribution in [3.05, 3.63) is 12.4 Å². The third kappa shape index (κ3) is 2.71. The lowest BCUT2D eigenvalue weighted by Crippen LogP contribution is -2.34. The highest BCUT2D eigenvalue weighted by molar-refractivity contribution is 5.75. The van der Waals surface area contributed by atoms with Gasteiger partial charge in [-0.3, -0.25) is 9.48 Å². The minimum atomic E-state index is 0.00463. The number of nitrogens with one attached hydrogen (secondary N) is 1. The van der Waals surface area contributed by atoms with Crippen LogP contribution in [0.3, 0.4) is 0 Å². The first kappa shape index (κ1) is 10.0. The molecule has 0 unspecified atom stereocenters. The maximum atomic E-state index is 11.5. The molecule has 1 saturated carbocycles. The van der Waals surface area contributed by atoms with E-state index in [0.29, 0.717) is 11.6 Å². The Balaban J connectivity index is 1.71. The summed E-state index contributed by atoms with van der Waals surface area (Å²) in [4.78, 5) is 11.5. The lowest BCUT2D eigenvalue weighted by molar-refractivity contribution is -0.122. The quantitative estimate of drug-likeness (QED) is 0.751. The van der Waals surface area contributed by atoms with Gasteiger partial charge in [0.15, 0.2) is 0 Å². The topological polar surface area (TPSA) is 72.9 Å². The van der Waals surface area contributed by atoms with Gasteiger partial charge in [-0.25, -0.2) is 0 Å². The fourth-order valence-corrected chi connectivity index (χ4v) is 1.62. The van der Waals surface area contributed by atoms with Crippen molar-refractivity contribution < 1.29 is 4.79 Å². The second kappa shape index (κ2) is 4.33. The van der Waals surface area contributed by atoms with Gasteiger partial charge in [-0.15, -0.1) is 0 Å². The molecule has 82 valence electrons. The highest BCUT2D eigenvalue weighted by Crippen LogP contribution is 2.24. The molecule has 1 fully saturated rings. The van der Waals surface area contributed by atoms with Crippen LogP contribution in [0.2, 0.25) is 0 Å². The SMILES string of the molecule is Nc1cnn(CC(=O)NCC2CCC2)c1. The average Bonchev–Trinajstić information content (AvgIpc) is 2.48. The molecule has 0 saturated heterocycles. The summed E-state index contributed by atoms with van der Waals surface area (Å²) in [5.41, 5.74) is 6.08. The van der Waals surface area contributed by atoms with Gasteiger partial charge in [-0.2, -0.15) is 5.10 Å². The van der Waals surface area contributed by atoms with Gasteiger partial charge in [0.05, 0.1) is 11.9 Å². The van der Waals surface area contributed by atoms with Gasteiger partial charge < -0.3 is 11.1 Å². The van der Waals surface area contributed by atoms with Crippen molar-refractivity contribution in [1.29, 1.82) is 0 Å². The van der Waals surface area contributed by atoms with E-state index in [1.807, 2.05) is 0 Å². The van der Waals surface area contributed by atoms with Gasteiger partial charge in [0, 0.05) is 12.7 Å². The number of rotatable bonds is 4. The van der Waals surface area contributed by atoms with Crippen LogP contribution < -0.4 is 11.1 Å². The van der Waals surface area contributed by atoms with Crippen LogP contribution in [0.5, 0.6) is 0 Å². The molecule has 1 heterocycles. The second-order valence-corrected chi connectivity index (χ2v) is 4.07. The van der Waals surface area contributed by atoms with Crippen LogP contribution >= 0.6 is 0 Å². The zero-order valence-electron chi connectivity index (χ0n) is 8.65. The smallest absolute Gasteiger partial charge is 0.241 e. The first-order valence-corrected chi connectivity index (χ1v) is 5.28. The van der Waals surface area contributed by atoms with Crippen LogP contribution in [0, 0.1) is 5.92 Å². The first-order valence-electron chi connectivity index (χ1n) is 5.28. The van der Waals surface area contributed by atoms with Gasteiger partial charge in [0.1, 0.15) is 6.54 Å². The van der Waals surface area contributed by atoms with E-state index in [9.17, 15) is 4.79 Å². The number of amides is 1. The summed E-state index contributed by atoms with van der Waals surface area (Å²) in [7, 11) is 0. The van der Waals surface area contributed by atoms with E-state index < -0.39 is 0 Å². The van der Waals surface area contributed by atoms with Gasteiger partial charge in [-0.05, 0) is 18.8 Å². The number of hydrogen-bond acceptors (Lipinski definition) is 3. The van der Waals surface area contributed by atoms with Crippen molar-refractivity contribution in [2.75, 3.05) is 12.3 Å². The Labute approximate surface area is 88.6 Å². The molecule has 1 aromatic rings. The normalized spacial score (nSPS) is 16.0. The maximum Gasteiger partial charge on any atom is 0.241 e. The highest BCUT2D eigenvalue weighted by Gasteiger charge is 2.17. The van der Waals surface area contributed by atoms with Crippen molar-refractivity contribution in [1.82, 2.24) is 15.1 Å². The Hall–Kier alpha value is -1.52. The molecule has 0 atom stereocenters. The molecule has 1 amide bonds. The summed E-state index contributed by atoms with van der Waals surface area (Å²) < 4.78 is 1.55. The summed E-state index contributed by atoms with van der Waals surface area (Å²) in [6, 6.07) is 0. The molecule has 5 heteroatoms. The molecule has 0 aliphatic heterocycles. The predicted molar refractivity (Wildman–Crippen MR) is 57.0 cm³/mol. The molecule has 0 spiro atoms. The van der Waals surface area contributed by atoms with Gasteiger partial charge in [0.2, 0.25) is 5.91 Å². The van der Waals surface area contributed by atoms with E-state index in [1.54, 1.807) is 17.1 Å². The first-order chi connectivity index (χ1) is 7.24. The van der Waals surface area contributed by atoms with E-state index >= 15 is 0 Å². The van der Waals surface area contributed by atoms with E-state index in [-0.39, 0.29) is 12.5 Å². The molecule has 0 bridgehead atoms. The Bertz CT molecular complexity index is 343. The minimum absolute atomic E-state index is 0.00463. The molecule has 15 heavy (non-hydrogen) atoms. The van der Waals surface area contributed by atoms with E-state index in [0.717, 1.165) is 6.54 Å². The monoisotopic (exact) mass is 208 g/mol. The molecule has 0 aromatic carbocycles. The average molecular weight is 208 g/mol. The van der Waals surface area contributed by atoms with Crippen molar-refractivity contribution in [2.24, 2.45) is 5.92 Å². The Morgan fingerprint density at radius 3 is 3.00 bits per heavy atom. The van der Waals surface area contributed by atoms with Crippen LogP contribution in [0.25, 0.3) is 0 Å². The largest absolute Gasteiger partial charge is 0.396 e. The maximum absolute atomic E-state index is 11.5. The minimum Gasteiger partial charge on any atom is -0.396 e. The molecule has 0 radical (unpaired) electrons. The number of anilines is 1. The standard InChI is InChI=1S/C10H16N4O/c11-9-5-13-14(6-9)7-10(15)12-4-8-2-1-3-8/h5-6,8H,1-4,7,11H2,(H,12,15). The van der Waals surface area contributed by atoms with Crippen LogP contribution in [0.4, 0.5) is 5.69 Å². The molecule has 3 N–H and O–H groups in total. The summed E-state index contributed by atoms with van der Waals surface area (Å²) in [6.07, 6.45) is 6.99. The molecule has 1 aromatic heterocycles. The zero-order valence-corrected chi connectivity index (χ0v) is 8.65. The van der Waals surface area contributed by atoms with Crippen molar-refractivity contribution >= 4 is 11.6 Å². The number of carbonyl (C=O) groups excluding carboxylic acids is 1. The van der Waals surface area contributed by atoms with Crippen LogP contribution in [-0.4, -0.2) is 22.2 Å². The van der Waals surface area contributed by atoms with Crippen LogP contribution in [0.15, 0.2) is 12.4 Å². The number of nitrogens with zero attached hydrogens (tertiary/aromatic N) is 2. The molecule has 1 aliphatic carbocycles.